The van der Waals surface area contributed by atoms with Gasteiger partial charge in [-0.15, -0.1) is 0 Å². The van der Waals surface area contributed by atoms with Crippen molar-refractivity contribution in [1.82, 2.24) is 5.43 Å². The van der Waals surface area contributed by atoms with Crippen molar-refractivity contribution in [3.8, 4) is 0 Å². The minimum absolute atomic E-state index is 0.341. The molecule has 0 fully saturated rings. The summed E-state index contributed by atoms with van der Waals surface area (Å²) in [5.74, 6) is 0.580. The summed E-state index contributed by atoms with van der Waals surface area (Å²) in [6, 6.07) is 8.83. The average molecular weight is 260 g/mol. The van der Waals surface area contributed by atoms with Gasteiger partial charge in [-0.25, -0.2) is 9.82 Å². The number of amides is 1. The number of hydrazone groups is 1. The van der Waals surface area contributed by atoms with Gasteiger partial charge >= 0.3 is 0 Å². The van der Waals surface area contributed by atoms with E-state index < -0.39 is 5.91 Å². The van der Waals surface area contributed by atoms with Gasteiger partial charge in [0.1, 0.15) is 23.0 Å². The van der Waals surface area contributed by atoms with Crippen molar-refractivity contribution in [3.63, 3.8) is 0 Å². The van der Waals surface area contributed by atoms with Crippen LogP contribution in [0.25, 0.3) is 0 Å². The molecule has 1 heterocycles. The number of benzene rings is 1. The molecule has 1 aromatic heterocycles. The maximum atomic E-state index is 12.7. The van der Waals surface area contributed by atoms with E-state index in [1.807, 2.05) is 13.0 Å². The number of nitrogens with zero attached hydrogens (tertiary/aromatic N) is 1. The number of nitrogens with one attached hydrogen (secondary N) is 1. The Kier molecular flexibility index (Phi) is 3.75. The normalized spacial score (nSPS) is 11.4. The second kappa shape index (κ2) is 5.48. The Labute approximate surface area is 109 Å². The second-order valence-electron chi connectivity index (χ2n) is 4.06. The number of aryl methyl sites for hydroxylation is 1. The third-order valence-electron chi connectivity index (χ3n) is 2.53. The fourth-order valence-corrected chi connectivity index (χ4v) is 1.48. The Hall–Kier alpha value is -2.43. The topological polar surface area (TPSA) is 54.6 Å². The van der Waals surface area contributed by atoms with Gasteiger partial charge in [0.25, 0.3) is 5.91 Å². The average Bonchev–Trinajstić information content (AvgIpc) is 2.83. The van der Waals surface area contributed by atoms with Gasteiger partial charge in [-0.1, -0.05) is 0 Å². The number of carbonyl (C=O) groups is 1. The molecule has 0 aliphatic carbocycles. The van der Waals surface area contributed by atoms with Crippen molar-refractivity contribution in [3.05, 3.63) is 59.3 Å². The van der Waals surface area contributed by atoms with Crippen LogP contribution >= 0.6 is 0 Å². The summed E-state index contributed by atoms with van der Waals surface area (Å²) >= 11 is 0. The quantitative estimate of drug-likeness (QED) is 0.681. The van der Waals surface area contributed by atoms with Crippen molar-refractivity contribution >= 4 is 11.6 Å². The summed E-state index contributed by atoms with van der Waals surface area (Å²) < 4.78 is 18.1. The first-order valence-electron chi connectivity index (χ1n) is 5.73. The van der Waals surface area contributed by atoms with Gasteiger partial charge in [-0.05, 0) is 50.2 Å². The Bertz CT molecular complexity index is 615. The van der Waals surface area contributed by atoms with E-state index in [0.717, 1.165) is 5.76 Å². The van der Waals surface area contributed by atoms with Crippen molar-refractivity contribution in [2.45, 2.75) is 13.8 Å². The summed E-state index contributed by atoms with van der Waals surface area (Å²) in [6.07, 6.45) is 0. The monoisotopic (exact) mass is 260 g/mol. The first kappa shape index (κ1) is 13.0. The van der Waals surface area contributed by atoms with E-state index in [-0.39, 0.29) is 5.82 Å². The third kappa shape index (κ3) is 3.28. The van der Waals surface area contributed by atoms with Gasteiger partial charge in [0.15, 0.2) is 0 Å². The molecule has 0 spiro atoms. The number of carbonyl (C=O) groups excluding carboxylic acids is 1. The number of hydrogen-bond donors (Lipinski definition) is 1. The van der Waals surface area contributed by atoms with Crippen LogP contribution in [0.2, 0.25) is 0 Å². The molecule has 1 amide bonds. The molecule has 1 aromatic carbocycles. The SMILES string of the molecule is CC(=NNC(=O)c1ccc(F)cc1)c1ccc(C)o1. The van der Waals surface area contributed by atoms with E-state index in [1.165, 1.54) is 24.3 Å². The highest BCUT2D eigenvalue weighted by Gasteiger charge is 2.06. The minimum Gasteiger partial charge on any atom is -0.460 e. The molecular formula is C14H13FN2O2. The second-order valence-corrected chi connectivity index (χ2v) is 4.06. The highest BCUT2D eigenvalue weighted by molar-refractivity contribution is 5.99. The van der Waals surface area contributed by atoms with Crippen LogP contribution in [0.1, 0.15) is 28.8 Å². The minimum atomic E-state index is -0.400. The van der Waals surface area contributed by atoms with Crippen LogP contribution in [0.4, 0.5) is 4.39 Å². The van der Waals surface area contributed by atoms with Gasteiger partial charge < -0.3 is 4.42 Å². The van der Waals surface area contributed by atoms with Gasteiger partial charge in [-0.2, -0.15) is 5.10 Å². The summed E-state index contributed by atoms with van der Waals surface area (Å²) in [6.45, 7) is 3.55. The predicted octanol–water partition coefficient (Wildman–Crippen LogP) is 2.88. The van der Waals surface area contributed by atoms with Crippen LogP contribution < -0.4 is 5.43 Å². The Morgan fingerprint density at radius 1 is 1.21 bits per heavy atom. The van der Waals surface area contributed by atoms with E-state index in [0.29, 0.717) is 17.0 Å². The standard InChI is InChI=1S/C14H13FN2O2/c1-9-3-8-13(19-9)10(2)16-17-14(18)11-4-6-12(15)7-5-11/h3-8H,1-2H3,(H,17,18). The maximum Gasteiger partial charge on any atom is 0.271 e. The van der Waals surface area contributed by atoms with Crippen LogP contribution in [-0.4, -0.2) is 11.6 Å². The molecule has 0 aliphatic heterocycles. The summed E-state index contributed by atoms with van der Waals surface area (Å²) in [4.78, 5) is 11.7. The number of furan rings is 1. The molecule has 0 saturated carbocycles. The third-order valence-corrected chi connectivity index (χ3v) is 2.53. The van der Waals surface area contributed by atoms with Crippen molar-refractivity contribution in [2.24, 2.45) is 5.10 Å². The molecule has 4 nitrogen and oxygen atoms in total. The van der Waals surface area contributed by atoms with Gasteiger partial charge in [0.2, 0.25) is 0 Å². The Morgan fingerprint density at radius 2 is 1.89 bits per heavy atom. The zero-order valence-corrected chi connectivity index (χ0v) is 10.6. The molecule has 5 heteroatoms. The molecule has 0 aliphatic rings. The molecule has 0 saturated heterocycles. The Morgan fingerprint density at radius 3 is 2.47 bits per heavy atom. The van der Waals surface area contributed by atoms with Crippen molar-refractivity contribution in [2.75, 3.05) is 0 Å². The molecule has 0 unspecified atom stereocenters. The smallest absolute Gasteiger partial charge is 0.271 e. The summed E-state index contributed by atoms with van der Waals surface area (Å²) in [5.41, 5.74) is 3.29. The maximum absolute atomic E-state index is 12.7. The van der Waals surface area contributed by atoms with Crippen LogP contribution in [0.5, 0.6) is 0 Å². The highest BCUT2D eigenvalue weighted by Crippen LogP contribution is 2.07. The van der Waals surface area contributed by atoms with E-state index in [2.05, 4.69) is 10.5 Å². The fraction of sp³-hybridized carbons (Fsp3) is 0.143. The molecular weight excluding hydrogens is 247 g/mol. The highest BCUT2D eigenvalue weighted by atomic mass is 19.1. The van der Waals surface area contributed by atoms with Crippen molar-refractivity contribution < 1.29 is 13.6 Å². The summed E-state index contributed by atoms with van der Waals surface area (Å²) in [5, 5.41) is 3.94. The van der Waals surface area contributed by atoms with E-state index in [1.54, 1.807) is 13.0 Å². The van der Waals surface area contributed by atoms with Crippen LogP contribution in [-0.2, 0) is 0 Å². The number of rotatable bonds is 3. The largest absolute Gasteiger partial charge is 0.460 e. The molecule has 0 radical (unpaired) electrons. The molecule has 0 bridgehead atoms. The number of hydrogen-bond acceptors (Lipinski definition) is 3. The molecule has 2 rings (SSSR count). The first-order chi connectivity index (χ1) is 9.06. The van der Waals surface area contributed by atoms with E-state index in [4.69, 9.17) is 4.42 Å². The van der Waals surface area contributed by atoms with Gasteiger partial charge in [-0.3, -0.25) is 4.79 Å². The van der Waals surface area contributed by atoms with E-state index in [9.17, 15) is 9.18 Å². The Balaban J connectivity index is 2.05. The summed E-state index contributed by atoms with van der Waals surface area (Å²) in [7, 11) is 0. The van der Waals surface area contributed by atoms with Crippen molar-refractivity contribution in [1.29, 1.82) is 0 Å². The lowest BCUT2D eigenvalue weighted by molar-refractivity contribution is 0.0955. The molecule has 98 valence electrons. The van der Waals surface area contributed by atoms with Crippen LogP contribution in [0.3, 0.4) is 0 Å². The van der Waals surface area contributed by atoms with E-state index >= 15 is 0 Å². The molecule has 0 atom stereocenters. The lowest BCUT2D eigenvalue weighted by Gasteiger charge is -2.01. The van der Waals surface area contributed by atoms with Gasteiger partial charge in [0.05, 0.1) is 0 Å². The fourth-order valence-electron chi connectivity index (χ4n) is 1.48. The molecule has 1 N–H and O–H groups in total. The number of halogens is 1. The zero-order valence-electron chi connectivity index (χ0n) is 10.6. The van der Waals surface area contributed by atoms with Crippen LogP contribution in [0.15, 0.2) is 45.9 Å². The molecule has 19 heavy (non-hydrogen) atoms. The predicted molar refractivity (Wildman–Crippen MR) is 69.5 cm³/mol. The lowest BCUT2D eigenvalue weighted by Crippen LogP contribution is -2.19. The first-order valence-corrected chi connectivity index (χ1v) is 5.73. The lowest BCUT2D eigenvalue weighted by atomic mass is 10.2. The van der Waals surface area contributed by atoms with Crippen LogP contribution in [0, 0.1) is 12.7 Å². The molecule has 2 aromatic rings. The zero-order chi connectivity index (χ0) is 13.8. The van der Waals surface area contributed by atoms with Gasteiger partial charge in [0, 0.05) is 5.56 Å².